The van der Waals surface area contributed by atoms with E-state index >= 15 is 0 Å². The van der Waals surface area contributed by atoms with E-state index in [-0.39, 0.29) is 0 Å². The summed E-state index contributed by atoms with van der Waals surface area (Å²) >= 11 is 2.06. The lowest BCUT2D eigenvalue weighted by molar-refractivity contribution is 0.635. The molecule has 1 unspecified atom stereocenters. The van der Waals surface area contributed by atoms with Crippen molar-refractivity contribution in [2.24, 2.45) is 0 Å². The highest BCUT2D eigenvalue weighted by atomic mass is 32.2. The first kappa shape index (κ1) is 12.6. The van der Waals surface area contributed by atoms with Gasteiger partial charge < -0.3 is 11.1 Å². The molecule has 1 aromatic heterocycles. The second-order valence-electron chi connectivity index (χ2n) is 5.38. The first-order chi connectivity index (χ1) is 9.18. The second kappa shape index (κ2) is 4.93. The molecular weight excluding hydrogens is 254 g/mol. The molecule has 0 bridgehead atoms. The number of thioether (sulfide) groups is 1. The van der Waals surface area contributed by atoms with Crippen LogP contribution < -0.4 is 11.1 Å². The van der Waals surface area contributed by atoms with E-state index in [1.165, 1.54) is 18.6 Å². The Kier molecular flexibility index (Phi) is 3.27. The first-order valence-corrected chi connectivity index (χ1v) is 7.67. The molecule has 0 radical (unpaired) electrons. The van der Waals surface area contributed by atoms with E-state index in [0.29, 0.717) is 4.75 Å². The fourth-order valence-electron chi connectivity index (χ4n) is 2.61. The van der Waals surface area contributed by atoms with Crippen LogP contribution in [0.4, 0.5) is 11.4 Å². The molecule has 1 fully saturated rings. The molecule has 1 aliphatic rings. The van der Waals surface area contributed by atoms with E-state index in [1.54, 1.807) is 6.20 Å². The molecule has 100 valence electrons. The van der Waals surface area contributed by atoms with Crippen LogP contribution in [0, 0.1) is 0 Å². The van der Waals surface area contributed by atoms with Crippen LogP contribution in [0.1, 0.15) is 19.8 Å². The molecule has 2 heterocycles. The minimum atomic E-state index is 0.347. The predicted octanol–water partition coefficient (Wildman–Crippen LogP) is 3.51. The summed E-state index contributed by atoms with van der Waals surface area (Å²) in [6, 6.07) is 6.11. The monoisotopic (exact) mass is 273 g/mol. The number of nitrogens with one attached hydrogen (secondary N) is 1. The Morgan fingerprint density at radius 2 is 2.32 bits per heavy atom. The van der Waals surface area contributed by atoms with Crippen LogP contribution in [0.25, 0.3) is 10.8 Å². The maximum Gasteiger partial charge on any atom is 0.0630 e. The molecule has 3 rings (SSSR count). The summed E-state index contributed by atoms with van der Waals surface area (Å²) in [5.41, 5.74) is 8.11. The van der Waals surface area contributed by atoms with E-state index in [2.05, 4.69) is 41.1 Å². The van der Waals surface area contributed by atoms with Gasteiger partial charge in [0.15, 0.2) is 0 Å². The Morgan fingerprint density at radius 1 is 1.42 bits per heavy atom. The first-order valence-electron chi connectivity index (χ1n) is 6.68. The van der Waals surface area contributed by atoms with Crippen LogP contribution in [0.5, 0.6) is 0 Å². The zero-order valence-corrected chi connectivity index (χ0v) is 12.0. The topological polar surface area (TPSA) is 50.9 Å². The molecule has 1 aromatic carbocycles. The van der Waals surface area contributed by atoms with E-state index in [0.717, 1.165) is 28.7 Å². The molecule has 19 heavy (non-hydrogen) atoms. The van der Waals surface area contributed by atoms with E-state index in [4.69, 9.17) is 5.73 Å². The number of anilines is 2. The normalized spacial score (nSPS) is 22.8. The lowest BCUT2D eigenvalue weighted by Gasteiger charge is -2.24. The number of nitrogens with zero attached hydrogens (tertiary/aromatic N) is 1. The van der Waals surface area contributed by atoms with Crippen molar-refractivity contribution in [3.05, 3.63) is 30.6 Å². The number of benzene rings is 1. The molecule has 3 nitrogen and oxygen atoms in total. The van der Waals surface area contributed by atoms with Gasteiger partial charge in [0.25, 0.3) is 0 Å². The molecular formula is C15H19N3S. The number of rotatable bonds is 3. The molecule has 3 N–H and O–H groups in total. The van der Waals surface area contributed by atoms with Gasteiger partial charge in [-0.05, 0) is 37.7 Å². The van der Waals surface area contributed by atoms with Crippen LogP contribution in [0.2, 0.25) is 0 Å². The molecule has 1 aliphatic heterocycles. The van der Waals surface area contributed by atoms with Crippen LogP contribution in [-0.4, -0.2) is 22.0 Å². The molecule has 2 aromatic rings. The number of aromatic nitrogens is 1. The van der Waals surface area contributed by atoms with Gasteiger partial charge in [-0.15, -0.1) is 0 Å². The van der Waals surface area contributed by atoms with Crippen molar-refractivity contribution in [1.29, 1.82) is 0 Å². The highest BCUT2D eigenvalue weighted by molar-refractivity contribution is 8.00. The van der Waals surface area contributed by atoms with Gasteiger partial charge in [-0.2, -0.15) is 11.8 Å². The lowest BCUT2D eigenvalue weighted by atomic mass is 10.1. The highest BCUT2D eigenvalue weighted by Crippen LogP contribution is 2.38. The van der Waals surface area contributed by atoms with Gasteiger partial charge in [-0.3, -0.25) is 4.98 Å². The Bertz CT molecular complexity index is 591. The molecule has 0 amide bonds. The van der Waals surface area contributed by atoms with Crippen LogP contribution >= 0.6 is 11.8 Å². The van der Waals surface area contributed by atoms with Gasteiger partial charge in [0.05, 0.1) is 11.4 Å². The molecule has 1 saturated heterocycles. The van der Waals surface area contributed by atoms with E-state index in [9.17, 15) is 0 Å². The van der Waals surface area contributed by atoms with Crippen molar-refractivity contribution in [1.82, 2.24) is 4.98 Å². The highest BCUT2D eigenvalue weighted by Gasteiger charge is 2.29. The van der Waals surface area contributed by atoms with Crippen molar-refractivity contribution in [3.8, 4) is 0 Å². The quantitative estimate of drug-likeness (QED) is 0.840. The van der Waals surface area contributed by atoms with E-state index < -0.39 is 0 Å². The minimum absolute atomic E-state index is 0.347. The van der Waals surface area contributed by atoms with Gasteiger partial charge in [0.1, 0.15) is 0 Å². The third-order valence-electron chi connectivity index (χ3n) is 3.82. The molecule has 0 spiro atoms. The van der Waals surface area contributed by atoms with Gasteiger partial charge in [-0.1, -0.05) is 6.07 Å². The van der Waals surface area contributed by atoms with Crippen molar-refractivity contribution in [3.63, 3.8) is 0 Å². The Morgan fingerprint density at radius 3 is 3.11 bits per heavy atom. The van der Waals surface area contributed by atoms with Crippen LogP contribution in [0.3, 0.4) is 0 Å². The summed E-state index contributed by atoms with van der Waals surface area (Å²) in [5.74, 6) is 1.27. The summed E-state index contributed by atoms with van der Waals surface area (Å²) in [7, 11) is 0. The fraction of sp³-hybridized carbons (Fsp3) is 0.400. The summed E-state index contributed by atoms with van der Waals surface area (Å²) < 4.78 is 0.347. The van der Waals surface area contributed by atoms with Crippen molar-refractivity contribution in [2.75, 3.05) is 23.3 Å². The molecule has 1 atom stereocenters. The van der Waals surface area contributed by atoms with Gasteiger partial charge >= 0.3 is 0 Å². The number of hydrogen-bond acceptors (Lipinski definition) is 4. The van der Waals surface area contributed by atoms with Gasteiger partial charge in [0.2, 0.25) is 0 Å². The number of nitrogen functional groups attached to an aromatic ring is 1. The molecule has 0 aliphatic carbocycles. The maximum absolute atomic E-state index is 6.25. The number of fused-ring (bicyclic) bond motifs is 1. The number of pyridine rings is 1. The minimum Gasteiger partial charge on any atom is -0.397 e. The zero-order valence-electron chi connectivity index (χ0n) is 11.1. The largest absolute Gasteiger partial charge is 0.397 e. The van der Waals surface area contributed by atoms with Gasteiger partial charge in [0, 0.05) is 34.5 Å². The summed E-state index contributed by atoms with van der Waals surface area (Å²) in [4.78, 5) is 4.12. The second-order valence-corrected chi connectivity index (χ2v) is 7.06. The Labute approximate surface area is 118 Å². The molecule has 0 saturated carbocycles. The van der Waals surface area contributed by atoms with E-state index in [1.807, 2.05) is 12.3 Å². The Balaban J connectivity index is 1.83. The van der Waals surface area contributed by atoms with Crippen molar-refractivity contribution >= 4 is 33.9 Å². The van der Waals surface area contributed by atoms with Crippen LogP contribution in [-0.2, 0) is 0 Å². The zero-order chi connectivity index (χ0) is 13.3. The standard InChI is InChI=1S/C15H19N3S/c1-15(6-2-8-19-15)10-18-13-4-3-11-9-17-7-5-12(11)14(13)16/h3-5,7,9,18H,2,6,8,10,16H2,1H3. The van der Waals surface area contributed by atoms with Crippen molar-refractivity contribution in [2.45, 2.75) is 24.5 Å². The smallest absolute Gasteiger partial charge is 0.0630 e. The average molecular weight is 273 g/mol. The predicted molar refractivity (Wildman–Crippen MR) is 84.7 cm³/mol. The van der Waals surface area contributed by atoms with Gasteiger partial charge in [-0.25, -0.2) is 0 Å². The van der Waals surface area contributed by atoms with Crippen molar-refractivity contribution < 1.29 is 0 Å². The number of nitrogens with two attached hydrogens (primary N) is 1. The Hall–Kier alpha value is -1.42. The molecule has 4 heteroatoms. The lowest BCUT2D eigenvalue weighted by Crippen LogP contribution is -2.27. The average Bonchev–Trinajstić information content (AvgIpc) is 2.86. The van der Waals surface area contributed by atoms with Crippen LogP contribution in [0.15, 0.2) is 30.6 Å². The third kappa shape index (κ3) is 2.50. The SMILES string of the molecule is CC1(CNc2ccc3cnccc3c2N)CCCS1. The summed E-state index contributed by atoms with van der Waals surface area (Å²) in [6.07, 6.45) is 6.24. The maximum atomic E-state index is 6.25. The third-order valence-corrected chi connectivity index (χ3v) is 5.35. The summed E-state index contributed by atoms with van der Waals surface area (Å²) in [6.45, 7) is 3.30. The number of hydrogen-bond donors (Lipinski definition) is 2. The fourth-order valence-corrected chi connectivity index (χ4v) is 3.85. The summed E-state index contributed by atoms with van der Waals surface area (Å²) in [5, 5.41) is 5.68.